The summed E-state index contributed by atoms with van der Waals surface area (Å²) in [5, 5.41) is 147. The van der Waals surface area contributed by atoms with Gasteiger partial charge in [0.2, 0.25) is 17.7 Å². The summed E-state index contributed by atoms with van der Waals surface area (Å²) in [6.45, 7) is 0.737. The topological polar surface area (TPSA) is 433 Å². The molecule has 5 aliphatic heterocycles. The van der Waals surface area contributed by atoms with E-state index in [4.69, 9.17) is 42.6 Å². The van der Waals surface area contributed by atoms with E-state index in [1.165, 1.54) is 6.92 Å². The van der Waals surface area contributed by atoms with Crippen molar-refractivity contribution in [1.29, 1.82) is 0 Å². The SMILES string of the molecule is CC(=O)N[C@@H]1[C@@H](O[C@@H]2O[C@H](CO)[C@@H](O[C@@H]3O[C@H](CO)[C@H](O)[C@H](O[C@H]4O[C@H](CO)[C@H](O)[C@H](O)[C@H]4NC(C)=O)[C@H]3O[C@@H]3O[C@@H](C)[C@@H](O)[C@@H](O)[C@@H]3O)[C@H](O)[C@H]2NC(C)=O)[C@@H](O)[C@@H](CO)O[C@@H]1O. The van der Waals surface area contributed by atoms with Crippen LogP contribution in [0.15, 0.2) is 0 Å². The fraction of sp³-hybridized carbons (Fsp3) is 0.917. The molecule has 64 heavy (non-hydrogen) atoms. The highest BCUT2D eigenvalue weighted by Crippen LogP contribution is 2.37. The van der Waals surface area contributed by atoms with E-state index < -0.39 is 197 Å². The lowest BCUT2D eigenvalue weighted by Gasteiger charge is -2.51. The fourth-order valence-electron chi connectivity index (χ4n) is 8.16. The van der Waals surface area contributed by atoms with E-state index >= 15 is 0 Å². The monoisotopic (exact) mass is 935 g/mol. The first-order chi connectivity index (χ1) is 30.2. The standard InChI is InChI=1S/C36H61N3O25/c1-9-20(47)26(53)27(54)35(56-9)64-31-30(63-33-17(37-10(2)44)24(51)21(48)13(5-40)58-33)23(50)15(7-42)59-36(31)61-28-16(8-43)60-34(18(25(28)52)38-11(3)45)62-29-19(39-12(4)46)32(55)57-14(6-41)22(29)49/h9,13-36,40-43,47-55H,5-8H2,1-4H3,(H,37,44)(H,38,45)(H,39,46)/t9-,13+,14+,15+,16+,17+,18+,19+,20+,21-,22-,23-,24+,25+,26+,27-,28+,29+,30-,31+,32-,33+,34-,35-,36-/m0/s1. The van der Waals surface area contributed by atoms with Crippen LogP contribution in [0.2, 0.25) is 0 Å². The number of hydrogen-bond acceptors (Lipinski definition) is 25. The predicted molar refractivity (Wildman–Crippen MR) is 200 cm³/mol. The molecule has 0 spiro atoms. The zero-order chi connectivity index (χ0) is 47.5. The quantitative estimate of drug-likeness (QED) is 0.0725. The van der Waals surface area contributed by atoms with Gasteiger partial charge in [0.1, 0.15) is 116 Å². The average molecular weight is 936 g/mol. The van der Waals surface area contributed by atoms with Gasteiger partial charge in [-0.05, 0) is 6.92 Å². The Morgan fingerprint density at radius 1 is 0.406 bits per heavy atom. The van der Waals surface area contributed by atoms with Crippen molar-refractivity contribution < 1.29 is 123 Å². The maximum Gasteiger partial charge on any atom is 0.217 e. The Hall–Kier alpha value is -2.47. The molecule has 0 aromatic rings. The van der Waals surface area contributed by atoms with E-state index in [0.29, 0.717) is 0 Å². The van der Waals surface area contributed by atoms with Gasteiger partial charge in [-0.15, -0.1) is 0 Å². The number of amides is 3. The minimum atomic E-state index is -2.05. The molecule has 5 saturated heterocycles. The van der Waals surface area contributed by atoms with Crippen molar-refractivity contribution in [3.63, 3.8) is 0 Å². The highest BCUT2D eigenvalue weighted by atomic mass is 16.8. The van der Waals surface area contributed by atoms with Gasteiger partial charge in [-0.3, -0.25) is 14.4 Å². The molecule has 0 aromatic carbocycles. The van der Waals surface area contributed by atoms with Crippen molar-refractivity contribution >= 4 is 17.7 Å². The van der Waals surface area contributed by atoms with E-state index in [0.717, 1.165) is 20.8 Å². The molecule has 0 bridgehead atoms. The second kappa shape index (κ2) is 22.6. The van der Waals surface area contributed by atoms with E-state index in [1.807, 2.05) is 0 Å². The van der Waals surface area contributed by atoms with Crippen LogP contribution in [-0.4, -0.2) is 264 Å². The largest absolute Gasteiger partial charge is 0.394 e. The molecule has 0 unspecified atom stereocenters. The van der Waals surface area contributed by atoms with Gasteiger partial charge in [-0.25, -0.2) is 0 Å². The number of aliphatic hydroxyl groups excluding tert-OH is 13. The highest BCUT2D eigenvalue weighted by molar-refractivity contribution is 5.74. The number of rotatable bonds is 15. The normalized spacial score (nSPS) is 47.7. The van der Waals surface area contributed by atoms with Crippen LogP contribution < -0.4 is 16.0 Å². The molecule has 0 radical (unpaired) electrons. The maximum absolute atomic E-state index is 12.6. The highest BCUT2D eigenvalue weighted by Gasteiger charge is 2.58. The summed E-state index contributed by atoms with van der Waals surface area (Å²) >= 11 is 0. The minimum Gasteiger partial charge on any atom is -0.394 e. The summed E-state index contributed by atoms with van der Waals surface area (Å²) in [6.07, 6.45) is -39.7. The number of carbonyl (C=O) groups excluding carboxylic acids is 3. The Kier molecular flexibility index (Phi) is 18.5. The molecule has 0 saturated carbocycles. The summed E-state index contributed by atoms with van der Waals surface area (Å²) in [7, 11) is 0. The molecular weight excluding hydrogens is 874 g/mol. The van der Waals surface area contributed by atoms with Gasteiger partial charge in [0.15, 0.2) is 31.5 Å². The lowest BCUT2D eigenvalue weighted by Crippen LogP contribution is -2.71. The summed E-state index contributed by atoms with van der Waals surface area (Å²) in [5.41, 5.74) is 0. The zero-order valence-electron chi connectivity index (χ0n) is 35.0. The molecule has 25 atom stereocenters. The second-order valence-corrected chi connectivity index (χ2v) is 16.1. The van der Waals surface area contributed by atoms with Crippen LogP contribution in [0.4, 0.5) is 0 Å². The van der Waals surface area contributed by atoms with Crippen LogP contribution in [0, 0.1) is 0 Å². The molecule has 370 valence electrons. The summed E-state index contributed by atoms with van der Waals surface area (Å²) < 4.78 is 52.8. The number of ether oxygens (including phenoxy) is 9. The summed E-state index contributed by atoms with van der Waals surface area (Å²) in [5.74, 6) is -2.28. The third kappa shape index (κ3) is 11.4. The first-order valence-corrected chi connectivity index (χ1v) is 20.4. The third-order valence-corrected chi connectivity index (χ3v) is 11.5. The number of carbonyl (C=O) groups is 3. The van der Waals surface area contributed by atoms with Gasteiger partial charge in [0.05, 0.1) is 32.5 Å². The Morgan fingerprint density at radius 2 is 0.828 bits per heavy atom. The van der Waals surface area contributed by atoms with Crippen molar-refractivity contribution in [3.8, 4) is 0 Å². The summed E-state index contributed by atoms with van der Waals surface area (Å²) in [4.78, 5) is 36.9. The van der Waals surface area contributed by atoms with Crippen molar-refractivity contribution in [2.45, 2.75) is 181 Å². The van der Waals surface area contributed by atoms with Crippen LogP contribution in [0.1, 0.15) is 27.7 Å². The average Bonchev–Trinajstić information content (AvgIpc) is 3.24. The molecule has 0 aliphatic carbocycles. The Morgan fingerprint density at radius 3 is 1.38 bits per heavy atom. The van der Waals surface area contributed by atoms with Crippen LogP contribution in [0.3, 0.4) is 0 Å². The van der Waals surface area contributed by atoms with Gasteiger partial charge in [-0.1, -0.05) is 0 Å². The van der Waals surface area contributed by atoms with Crippen LogP contribution in [-0.2, 0) is 57.0 Å². The molecular formula is C36H61N3O25. The van der Waals surface area contributed by atoms with Crippen molar-refractivity contribution in [2.24, 2.45) is 0 Å². The lowest BCUT2D eigenvalue weighted by molar-refractivity contribution is -0.400. The van der Waals surface area contributed by atoms with Gasteiger partial charge in [-0.2, -0.15) is 0 Å². The third-order valence-electron chi connectivity index (χ3n) is 11.5. The Balaban J connectivity index is 1.53. The van der Waals surface area contributed by atoms with Crippen LogP contribution in [0.5, 0.6) is 0 Å². The molecule has 5 heterocycles. The molecule has 5 rings (SSSR count). The number of nitrogens with one attached hydrogen (secondary N) is 3. The first-order valence-electron chi connectivity index (χ1n) is 20.4. The van der Waals surface area contributed by atoms with E-state index in [9.17, 15) is 80.8 Å². The zero-order valence-corrected chi connectivity index (χ0v) is 35.0. The van der Waals surface area contributed by atoms with Crippen LogP contribution >= 0.6 is 0 Å². The van der Waals surface area contributed by atoms with Crippen molar-refractivity contribution in [2.75, 3.05) is 26.4 Å². The predicted octanol–water partition coefficient (Wildman–Crippen LogP) is -10.5. The molecule has 3 amide bonds. The van der Waals surface area contributed by atoms with E-state index in [1.54, 1.807) is 0 Å². The van der Waals surface area contributed by atoms with Crippen LogP contribution in [0.25, 0.3) is 0 Å². The van der Waals surface area contributed by atoms with Crippen molar-refractivity contribution in [3.05, 3.63) is 0 Å². The second-order valence-electron chi connectivity index (χ2n) is 16.1. The molecule has 0 aromatic heterocycles. The number of hydrogen-bond donors (Lipinski definition) is 16. The fourth-order valence-corrected chi connectivity index (χ4v) is 8.16. The van der Waals surface area contributed by atoms with Gasteiger partial charge in [0, 0.05) is 20.8 Å². The van der Waals surface area contributed by atoms with Gasteiger partial charge < -0.3 is 125 Å². The van der Waals surface area contributed by atoms with E-state index in [2.05, 4.69) is 16.0 Å². The molecule has 5 fully saturated rings. The smallest absolute Gasteiger partial charge is 0.217 e. The molecule has 28 heteroatoms. The van der Waals surface area contributed by atoms with E-state index in [-0.39, 0.29) is 0 Å². The van der Waals surface area contributed by atoms with Gasteiger partial charge >= 0.3 is 0 Å². The Labute approximate surface area is 364 Å². The van der Waals surface area contributed by atoms with Crippen molar-refractivity contribution in [1.82, 2.24) is 16.0 Å². The lowest BCUT2D eigenvalue weighted by atomic mass is 9.93. The number of aliphatic hydroxyl groups is 13. The molecule has 28 nitrogen and oxygen atoms in total. The first kappa shape index (κ1) is 52.5. The van der Waals surface area contributed by atoms with Gasteiger partial charge in [0.25, 0.3) is 0 Å². The summed E-state index contributed by atoms with van der Waals surface area (Å²) in [6, 6.07) is -4.86. The Bertz CT molecular complexity index is 1540. The minimum absolute atomic E-state index is 0.715. The maximum atomic E-state index is 12.6. The molecule has 16 N–H and O–H groups in total. The molecule has 5 aliphatic rings.